The molecule has 0 fully saturated rings. The van der Waals surface area contributed by atoms with Gasteiger partial charge >= 0.3 is 0 Å². The molecule has 4 rings (SSSR count). The van der Waals surface area contributed by atoms with Crippen LogP contribution in [0.1, 0.15) is 28.4 Å². The molecule has 6 heteroatoms. The summed E-state index contributed by atoms with van der Waals surface area (Å²) >= 11 is 0. The van der Waals surface area contributed by atoms with E-state index in [9.17, 15) is 14.7 Å². The minimum atomic E-state index is -0.969. The molecular weight excluding hydrogens is 416 g/mol. The van der Waals surface area contributed by atoms with Crippen LogP contribution in [-0.4, -0.2) is 33.4 Å². The molecule has 0 saturated carbocycles. The fourth-order valence-corrected chi connectivity index (χ4v) is 3.80. The van der Waals surface area contributed by atoms with Gasteiger partial charge in [-0.05, 0) is 50.6 Å². The van der Waals surface area contributed by atoms with E-state index in [0.29, 0.717) is 22.4 Å². The number of fused-ring (bicyclic) bond motifs is 1. The number of carbonyl (C=O) groups excluding carboxylic acids is 1. The summed E-state index contributed by atoms with van der Waals surface area (Å²) in [6, 6.07) is 20.3. The van der Waals surface area contributed by atoms with Crippen molar-refractivity contribution in [2.45, 2.75) is 33.4 Å². The lowest BCUT2D eigenvalue weighted by atomic mass is 9.99. The molecule has 0 amide bonds. The van der Waals surface area contributed by atoms with Crippen molar-refractivity contribution in [2.24, 2.45) is 0 Å². The molecule has 0 radical (unpaired) electrons. The number of ether oxygens (including phenoxy) is 1. The molecule has 3 aromatic carbocycles. The number of hydrogen-bond donors (Lipinski definition) is 1. The maximum absolute atomic E-state index is 13.1. The summed E-state index contributed by atoms with van der Waals surface area (Å²) in [7, 11) is 0. The number of nitrogens with zero attached hydrogens (tertiary/aromatic N) is 2. The number of aliphatic hydroxyl groups is 1. The summed E-state index contributed by atoms with van der Waals surface area (Å²) in [4.78, 5) is 24.7. The first-order valence-corrected chi connectivity index (χ1v) is 10.8. The van der Waals surface area contributed by atoms with E-state index < -0.39 is 6.10 Å². The second-order valence-corrected chi connectivity index (χ2v) is 8.25. The molecule has 1 N–H and O–H groups in total. The van der Waals surface area contributed by atoms with Gasteiger partial charge < -0.3 is 9.84 Å². The van der Waals surface area contributed by atoms with Gasteiger partial charge in [0.15, 0.2) is 5.78 Å². The Kier molecular flexibility index (Phi) is 6.38. The second-order valence-electron chi connectivity index (χ2n) is 8.25. The lowest BCUT2D eigenvalue weighted by Gasteiger charge is -2.16. The lowest BCUT2D eigenvalue weighted by molar-refractivity contribution is 0.0881. The average molecular weight is 443 g/mol. The van der Waals surface area contributed by atoms with Crippen LogP contribution in [0.15, 0.2) is 71.5 Å². The molecule has 0 aliphatic carbocycles. The molecule has 33 heavy (non-hydrogen) atoms. The molecule has 0 aliphatic heterocycles. The molecule has 0 bridgehead atoms. The van der Waals surface area contributed by atoms with Gasteiger partial charge in [-0.3, -0.25) is 9.59 Å². The summed E-state index contributed by atoms with van der Waals surface area (Å²) < 4.78 is 6.97. The van der Waals surface area contributed by atoms with Gasteiger partial charge in [-0.1, -0.05) is 48.0 Å². The van der Waals surface area contributed by atoms with E-state index in [1.807, 2.05) is 44.2 Å². The standard InChI is InChI=1S/C27H26N2O4/c1-17-11-12-18(2)25(13-17)26-23-9-4-5-10-24(23)27(32)29(28-26)15-21(31)16-33-22-8-6-7-20(14-22)19(3)30/h4-14,21,31H,15-16H2,1-3H3. The Hall–Kier alpha value is -3.77. The normalized spacial score (nSPS) is 12.0. The molecule has 0 spiro atoms. The predicted molar refractivity (Wildman–Crippen MR) is 129 cm³/mol. The maximum atomic E-state index is 13.1. The van der Waals surface area contributed by atoms with E-state index in [4.69, 9.17) is 4.74 Å². The number of Topliss-reactive ketones (excluding diaryl/α,β-unsaturated/α-hetero) is 1. The Morgan fingerprint density at radius 1 is 1.03 bits per heavy atom. The van der Waals surface area contributed by atoms with Crippen molar-refractivity contribution in [2.75, 3.05) is 6.61 Å². The second kappa shape index (κ2) is 9.38. The van der Waals surface area contributed by atoms with Crippen molar-refractivity contribution in [1.29, 1.82) is 0 Å². The molecule has 6 nitrogen and oxygen atoms in total. The van der Waals surface area contributed by atoms with Gasteiger partial charge in [-0.25, -0.2) is 4.68 Å². The average Bonchev–Trinajstić information content (AvgIpc) is 2.81. The van der Waals surface area contributed by atoms with Crippen LogP contribution < -0.4 is 10.3 Å². The van der Waals surface area contributed by atoms with E-state index in [2.05, 4.69) is 11.2 Å². The van der Waals surface area contributed by atoms with E-state index in [1.165, 1.54) is 11.6 Å². The Bertz CT molecular complexity index is 1390. The number of hydrogen-bond acceptors (Lipinski definition) is 5. The summed E-state index contributed by atoms with van der Waals surface area (Å²) in [5, 5.41) is 16.6. The van der Waals surface area contributed by atoms with Crippen LogP contribution in [0.25, 0.3) is 22.0 Å². The quantitative estimate of drug-likeness (QED) is 0.431. The molecule has 1 atom stereocenters. The first-order valence-electron chi connectivity index (χ1n) is 10.8. The molecule has 4 aromatic rings. The zero-order valence-corrected chi connectivity index (χ0v) is 18.9. The zero-order valence-electron chi connectivity index (χ0n) is 18.9. The minimum absolute atomic E-state index is 0.0199. The van der Waals surface area contributed by atoms with Crippen LogP contribution in [0.5, 0.6) is 5.75 Å². The Morgan fingerprint density at radius 2 is 1.79 bits per heavy atom. The van der Waals surface area contributed by atoms with Gasteiger partial charge in [0, 0.05) is 16.5 Å². The van der Waals surface area contributed by atoms with Crippen LogP contribution >= 0.6 is 0 Å². The number of benzene rings is 3. The largest absolute Gasteiger partial charge is 0.491 e. The van der Waals surface area contributed by atoms with Gasteiger partial charge in [-0.2, -0.15) is 5.10 Å². The summed E-state index contributed by atoms with van der Waals surface area (Å²) in [6.07, 6.45) is -0.969. The molecule has 1 heterocycles. The van der Waals surface area contributed by atoms with Crippen molar-refractivity contribution >= 4 is 16.6 Å². The van der Waals surface area contributed by atoms with Crippen LogP contribution in [0.4, 0.5) is 0 Å². The maximum Gasteiger partial charge on any atom is 0.274 e. The number of rotatable bonds is 7. The smallest absolute Gasteiger partial charge is 0.274 e. The SMILES string of the molecule is CC(=O)c1cccc(OCC(O)Cn2nc(-c3cc(C)ccc3C)c3ccccc3c2=O)c1. The number of ketones is 1. The van der Waals surface area contributed by atoms with Crippen LogP contribution in [-0.2, 0) is 6.54 Å². The number of aromatic nitrogens is 2. The van der Waals surface area contributed by atoms with E-state index in [0.717, 1.165) is 22.1 Å². The van der Waals surface area contributed by atoms with E-state index in [1.54, 1.807) is 30.3 Å². The van der Waals surface area contributed by atoms with Crippen molar-refractivity contribution in [1.82, 2.24) is 9.78 Å². The van der Waals surface area contributed by atoms with E-state index >= 15 is 0 Å². The zero-order chi connectivity index (χ0) is 23.5. The lowest BCUT2D eigenvalue weighted by Crippen LogP contribution is -2.32. The van der Waals surface area contributed by atoms with Crippen molar-refractivity contribution in [3.63, 3.8) is 0 Å². The van der Waals surface area contributed by atoms with Crippen molar-refractivity contribution < 1.29 is 14.6 Å². The highest BCUT2D eigenvalue weighted by Gasteiger charge is 2.16. The summed E-state index contributed by atoms with van der Waals surface area (Å²) in [5.74, 6) is 0.420. The molecule has 0 saturated heterocycles. The Balaban J connectivity index is 1.65. The molecule has 168 valence electrons. The molecule has 1 aromatic heterocycles. The van der Waals surface area contributed by atoms with Gasteiger partial charge in [0.2, 0.25) is 0 Å². The fourth-order valence-electron chi connectivity index (χ4n) is 3.80. The fraction of sp³-hybridized carbons (Fsp3) is 0.222. The Labute approximate surface area is 192 Å². The number of aryl methyl sites for hydroxylation is 2. The minimum Gasteiger partial charge on any atom is -0.491 e. The van der Waals surface area contributed by atoms with Crippen LogP contribution in [0, 0.1) is 13.8 Å². The molecule has 1 unspecified atom stereocenters. The highest BCUT2D eigenvalue weighted by molar-refractivity contribution is 5.95. The highest BCUT2D eigenvalue weighted by atomic mass is 16.5. The van der Waals surface area contributed by atoms with Crippen LogP contribution in [0.3, 0.4) is 0 Å². The number of aliphatic hydroxyl groups excluding tert-OH is 1. The first kappa shape index (κ1) is 22.4. The molecule has 0 aliphatic rings. The monoisotopic (exact) mass is 442 g/mol. The summed E-state index contributed by atoms with van der Waals surface area (Å²) in [5.41, 5.74) is 4.07. The van der Waals surface area contributed by atoms with Gasteiger partial charge in [0.25, 0.3) is 5.56 Å². The third-order valence-corrected chi connectivity index (χ3v) is 5.58. The third kappa shape index (κ3) is 4.86. The summed E-state index contributed by atoms with van der Waals surface area (Å²) in [6.45, 7) is 5.45. The predicted octanol–water partition coefficient (Wildman–Crippen LogP) is 4.32. The van der Waals surface area contributed by atoms with E-state index in [-0.39, 0.29) is 24.5 Å². The van der Waals surface area contributed by atoms with Gasteiger partial charge in [0.1, 0.15) is 18.5 Å². The van der Waals surface area contributed by atoms with Crippen LogP contribution in [0.2, 0.25) is 0 Å². The van der Waals surface area contributed by atoms with Gasteiger partial charge in [0.05, 0.1) is 17.6 Å². The van der Waals surface area contributed by atoms with Crippen molar-refractivity contribution in [3.05, 3.63) is 93.8 Å². The third-order valence-electron chi connectivity index (χ3n) is 5.58. The molecular formula is C27H26N2O4. The first-order chi connectivity index (χ1) is 15.8. The Morgan fingerprint density at radius 3 is 2.55 bits per heavy atom. The number of carbonyl (C=O) groups is 1. The van der Waals surface area contributed by atoms with Gasteiger partial charge in [-0.15, -0.1) is 0 Å². The highest BCUT2D eigenvalue weighted by Crippen LogP contribution is 2.28. The topological polar surface area (TPSA) is 81.4 Å². The van der Waals surface area contributed by atoms with Crippen molar-refractivity contribution in [3.8, 4) is 17.0 Å².